The Bertz CT molecular complexity index is 1220. The van der Waals surface area contributed by atoms with Crippen LogP contribution < -0.4 is 14.4 Å². The van der Waals surface area contributed by atoms with Crippen LogP contribution in [-0.2, 0) is 14.8 Å². The molecule has 0 heterocycles. The van der Waals surface area contributed by atoms with E-state index in [-0.39, 0.29) is 17.1 Å². The van der Waals surface area contributed by atoms with Gasteiger partial charge in [0, 0.05) is 17.5 Å². The van der Waals surface area contributed by atoms with Gasteiger partial charge in [-0.3, -0.25) is 19.2 Å². The third kappa shape index (κ3) is 4.49. The fourth-order valence-corrected chi connectivity index (χ4v) is 3.90. The van der Waals surface area contributed by atoms with Gasteiger partial charge in [-0.1, -0.05) is 36.4 Å². The number of rotatable bonds is 7. The highest BCUT2D eigenvalue weighted by atomic mass is 32.2. The van der Waals surface area contributed by atoms with E-state index in [2.05, 4.69) is 5.32 Å². The molecule has 3 aromatic rings. The zero-order valence-electron chi connectivity index (χ0n) is 16.2. The summed E-state index contributed by atoms with van der Waals surface area (Å²) >= 11 is 0. The summed E-state index contributed by atoms with van der Waals surface area (Å²) in [5.74, 6) is -0.461. The summed E-state index contributed by atoms with van der Waals surface area (Å²) in [5, 5.41) is 15.0. The molecule has 9 nitrogen and oxygen atoms in total. The van der Waals surface area contributed by atoms with Crippen LogP contribution in [0.15, 0.2) is 60.7 Å². The first-order chi connectivity index (χ1) is 14.2. The van der Waals surface area contributed by atoms with E-state index in [4.69, 9.17) is 4.74 Å². The van der Waals surface area contributed by atoms with Gasteiger partial charge in [0.15, 0.2) is 0 Å². The molecule has 156 valence electrons. The van der Waals surface area contributed by atoms with Crippen molar-refractivity contribution in [2.75, 3.05) is 29.5 Å². The monoisotopic (exact) mass is 429 g/mol. The van der Waals surface area contributed by atoms with Gasteiger partial charge in [-0.2, -0.15) is 0 Å². The minimum absolute atomic E-state index is 0.0723. The number of hydrogen-bond donors (Lipinski definition) is 1. The first kappa shape index (κ1) is 21.1. The Morgan fingerprint density at radius 1 is 1.13 bits per heavy atom. The third-order valence-electron chi connectivity index (χ3n) is 4.39. The molecule has 0 aliphatic rings. The summed E-state index contributed by atoms with van der Waals surface area (Å²) in [7, 11) is -2.44. The number of carbonyl (C=O) groups is 1. The number of carbonyl (C=O) groups excluding carboxylic acids is 1. The minimum Gasteiger partial charge on any atom is -0.495 e. The number of anilines is 2. The van der Waals surface area contributed by atoms with Gasteiger partial charge >= 0.3 is 0 Å². The number of benzene rings is 3. The Morgan fingerprint density at radius 2 is 1.83 bits per heavy atom. The molecule has 0 saturated carbocycles. The summed E-state index contributed by atoms with van der Waals surface area (Å²) in [6, 6.07) is 16.1. The number of ether oxygens (including phenoxy) is 1. The minimum atomic E-state index is -3.80. The molecule has 0 bridgehead atoms. The van der Waals surface area contributed by atoms with Gasteiger partial charge in [-0.15, -0.1) is 0 Å². The molecule has 0 aliphatic carbocycles. The number of nitro groups is 1. The van der Waals surface area contributed by atoms with E-state index in [9.17, 15) is 23.3 Å². The van der Waals surface area contributed by atoms with Crippen molar-refractivity contribution in [2.45, 2.75) is 0 Å². The second kappa shape index (κ2) is 8.37. The molecule has 3 aromatic carbocycles. The average molecular weight is 429 g/mol. The maximum Gasteiger partial charge on any atom is 0.271 e. The van der Waals surface area contributed by atoms with Crippen LogP contribution in [0.5, 0.6) is 5.75 Å². The highest BCUT2D eigenvalue weighted by Crippen LogP contribution is 2.30. The van der Waals surface area contributed by atoms with E-state index in [0.717, 1.165) is 22.0 Å². The predicted molar refractivity (Wildman–Crippen MR) is 114 cm³/mol. The van der Waals surface area contributed by atoms with E-state index in [1.165, 1.54) is 19.2 Å². The SMILES string of the molecule is COc1ccc([N+](=O)[O-])cc1NC(=O)CN(c1cccc2ccccc12)S(C)(=O)=O. The zero-order valence-corrected chi connectivity index (χ0v) is 17.0. The van der Waals surface area contributed by atoms with Crippen LogP contribution in [0.2, 0.25) is 0 Å². The molecule has 1 N–H and O–H groups in total. The lowest BCUT2D eigenvalue weighted by atomic mass is 10.1. The summed E-state index contributed by atoms with van der Waals surface area (Å²) in [5.41, 5.74) is 0.194. The van der Waals surface area contributed by atoms with Gasteiger partial charge in [0.2, 0.25) is 15.9 Å². The lowest BCUT2D eigenvalue weighted by molar-refractivity contribution is -0.384. The molecule has 0 aromatic heterocycles. The summed E-state index contributed by atoms with van der Waals surface area (Å²) in [6.07, 6.45) is 1.01. The largest absolute Gasteiger partial charge is 0.495 e. The van der Waals surface area contributed by atoms with Crippen molar-refractivity contribution in [1.29, 1.82) is 0 Å². The highest BCUT2D eigenvalue weighted by molar-refractivity contribution is 7.92. The molecule has 1 amide bonds. The third-order valence-corrected chi connectivity index (χ3v) is 5.52. The fourth-order valence-electron chi connectivity index (χ4n) is 3.03. The van der Waals surface area contributed by atoms with Gasteiger partial charge < -0.3 is 10.1 Å². The maximum atomic E-state index is 12.7. The number of nitro benzene ring substituents is 1. The molecule has 0 radical (unpaired) electrons. The standard InChI is InChI=1S/C20H19N3O6S/c1-29-19-11-10-15(23(25)26)12-17(19)21-20(24)13-22(30(2,27)28)18-9-5-7-14-6-3-4-8-16(14)18/h3-12H,13H2,1-2H3,(H,21,24). The number of nitrogens with one attached hydrogen (secondary N) is 1. The van der Waals surface area contributed by atoms with Crippen molar-refractivity contribution in [3.8, 4) is 5.75 Å². The van der Waals surface area contributed by atoms with Gasteiger partial charge in [-0.05, 0) is 17.5 Å². The van der Waals surface area contributed by atoms with Gasteiger partial charge in [0.05, 0.1) is 29.7 Å². The quantitative estimate of drug-likeness (QED) is 0.455. The van der Waals surface area contributed by atoms with Crippen LogP contribution in [0.4, 0.5) is 17.1 Å². The van der Waals surface area contributed by atoms with Crippen LogP contribution in [0.1, 0.15) is 0 Å². The number of amides is 1. The lowest BCUT2D eigenvalue weighted by Gasteiger charge is -2.23. The van der Waals surface area contributed by atoms with Crippen LogP contribution in [0.3, 0.4) is 0 Å². The topological polar surface area (TPSA) is 119 Å². The van der Waals surface area contributed by atoms with Crippen molar-refractivity contribution >= 4 is 43.8 Å². The molecule has 10 heteroatoms. The maximum absolute atomic E-state index is 12.7. The molecule has 0 atom stereocenters. The number of sulfonamides is 1. The van der Waals surface area contributed by atoms with Gasteiger partial charge in [0.25, 0.3) is 5.69 Å². The molecule has 0 unspecified atom stereocenters. The van der Waals surface area contributed by atoms with Crippen LogP contribution in [0, 0.1) is 10.1 Å². The Hall–Kier alpha value is -3.66. The predicted octanol–water partition coefficient (Wildman–Crippen LogP) is 3.16. The van der Waals surface area contributed by atoms with Crippen LogP contribution in [0.25, 0.3) is 10.8 Å². The smallest absolute Gasteiger partial charge is 0.271 e. The van der Waals surface area contributed by atoms with Crippen molar-refractivity contribution in [2.24, 2.45) is 0 Å². The van der Waals surface area contributed by atoms with Gasteiger partial charge in [0.1, 0.15) is 12.3 Å². The first-order valence-corrected chi connectivity index (χ1v) is 10.6. The molecule has 30 heavy (non-hydrogen) atoms. The van der Waals surface area contributed by atoms with E-state index < -0.39 is 27.4 Å². The van der Waals surface area contributed by atoms with Crippen LogP contribution >= 0.6 is 0 Å². The van der Waals surface area contributed by atoms with Crippen molar-refractivity contribution in [3.63, 3.8) is 0 Å². The fraction of sp³-hybridized carbons (Fsp3) is 0.150. The molecule has 0 spiro atoms. The second-order valence-electron chi connectivity index (χ2n) is 6.46. The summed E-state index contributed by atoms with van der Waals surface area (Å²) < 4.78 is 31.0. The Balaban J connectivity index is 1.95. The van der Waals surface area contributed by atoms with E-state index in [1.807, 2.05) is 18.2 Å². The first-order valence-electron chi connectivity index (χ1n) is 8.78. The second-order valence-corrected chi connectivity index (χ2v) is 8.36. The molecular formula is C20H19N3O6S. The highest BCUT2D eigenvalue weighted by Gasteiger charge is 2.23. The molecule has 3 rings (SSSR count). The van der Waals surface area contributed by atoms with Crippen molar-refractivity contribution in [1.82, 2.24) is 0 Å². The number of non-ortho nitro benzene ring substituents is 1. The van der Waals surface area contributed by atoms with E-state index in [0.29, 0.717) is 11.1 Å². The zero-order chi connectivity index (χ0) is 21.9. The van der Waals surface area contributed by atoms with E-state index in [1.54, 1.807) is 24.3 Å². The normalized spacial score (nSPS) is 11.1. The number of hydrogen-bond acceptors (Lipinski definition) is 6. The average Bonchev–Trinajstić information content (AvgIpc) is 2.70. The molecule has 0 aliphatic heterocycles. The molecular weight excluding hydrogens is 410 g/mol. The number of methoxy groups -OCH3 is 1. The number of nitrogens with zero attached hydrogens (tertiary/aromatic N) is 2. The Morgan fingerprint density at radius 3 is 2.50 bits per heavy atom. The summed E-state index contributed by atoms with van der Waals surface area (Å²) in [4.78, 5) is 23.1. The number of fused-ring (bicyclic) bond motifs is 1. The molecule has 0 saturated heterocycles. The van der Waals surface area contributed by atoms with Crippen LogP contribution in [-0.4, -0.2) is 39.2 Å². The van der Waals surface area contributed by atoms with Gasteiger partial charge in [-0.25, -0.2) is 8.42 Å². The van der Waals surface area contributed by atoms with Crippen molar-refractivity contribution < 1.29 is 22.9 Å². The summed E-state index contributed by atoms with van der Waals surface area (Å²) in [6.45, 7) is -0.515. The Kier molecular flexibility index (Phi) is 5.88. The van der Waals surface area contributed by atoms with E-state index >= 15 is 0 Å². The molecule has 0 fully saturated rings. The Labute approximate surface area is 173 Å². The lowest BCUT2D eigenvalue weighted by Crippen LogP contribution is -2.37. The van der Waals surface area contributed by atoms with Crippen molar-refractivity contribution in [3.05, 3.63) is 70.8 Å².